The van der Waals surface area contributed by atoms with E-state index in [2.05, 4.69) is 26.1 Å². The van der Waals surface area contributed by atoms with E-state index in [9.17, 15) is 4.79 Å². The number of nitrogens with two attached hydrogens (primary N) is 1. The lowest BCUT2D eigenvalue weighted by Gasteiger charge is -2.15. The monoisotopic (exact) mass is 244 g/mol. The fourth-order valence-electron chi connectivity index (χ4n) is 1.54. The van der Waals surface area contributed by atoms with Crippen LogP contribution in [0.25, 0.3) is 0 Å². The highest BCUT2D eigenvalue weighted by molar-refractivity contribution is 5.75. The molecule has 102 valence electrons. The van der Waals surface area contributed by atoms with E-state index in [0.29, 0.717) is 38.0 Å². The van der Waals surface area contributed by atoms with Crippen molar-refractivity contribution in [2.24, 2.45) is 17.6 Å². The molecule has 2 unspecified atom stereocenters. The molecule has 0 heterocycles. The first-order valence-electron chi connectivity index (χ1n) is 6.54. The molecule has 4 heteroatoms. The van der Waals surface area contributed by atoms with Crippen molar-refractivity contribution in [3.05, 3.63) is 0 Å². The van der Waals surface area contributed by atoms with E-state index >= 15 is 0 Å². The van der Waals surface area contributed by atoms with Gasteiger partial charge in [0, 0.05) is 13.0 Å². The van der Waals surface area contributed by atoms with Gasteiger partial charge in [-0.15, -0.1) is 0 Å². The molecular formula is C13H28N2O2. The van der Waals surface area contributed by atoms with Crippen LogP contribution in [0.5, 0.6) is 0 Å². The topological polar surface area (TPSA) is 64.3 Å². The summed E-state index contributed by atoms with van der Waals surface area (Å²) in [5.74, 6) is 1.01. The minimum Gasteiger partial charge on any atom is -0.378 e. The highest BCUT2D eigenvalue weighted by Crippen LogP contribution is 2.07. The second-order valence-electron chi connectivity index (χ2n) is 5.21. The van der Waals surface area contributed by atoms with Gasteiger partial charge in [0.05, 0.1) is 12.7 Å². The van der Waals surface area contributed by atoms with Crippen molar-refractivity contribution in [1.82, 2.24) is 5.32 Å². The average molecular weight is 244 g/mol. The molecule has 0 aromatic rings. The summed E-state index contributed by atoms with van der Waals surface area (Å²) in [6.45, 7) is 10.1. The molecule has 0 saturated heterocycles. The first-order valence-corrected chi connectivity index (χ1v) is 6.54. The number of carbonyl (C=O) groups excluding carboxylic acids is 1. The van der Waals surface area contributed by atoms with Gasteiger partial charge in [-0.2, -0.15) is 0 Å². The Balaban J connectivity index is 3.51. The summed E-state index contributed by atoms with van der Waals surface area (Å²) in [6, 6.07) is 0. The number of amides is 1. The summed E-state index contributed by atoms with van der Waals surface area (Å²) in [7, 11) is 0. The molecule has 0 aliphatic rings. The molecule has 0 aromatic carbocycles. The Kier molecular flexibility index (Phi) is 9.09. The Labute approximate surface area is 105 Å². The Hall–Kier alpha value is -0.610. The minimum absolute atomic E-state index is 0.0436. The zero-order chi connectivity index (χ0) is 13.3. The highest BCUT2D eigenvalue weighted by Gasteiger charge is 2.07. The van der Waals surface area contributed by atoms with Crippen LogP contribution < -0.4 is 11.1 Å². The number of carbonyl (C=O) groups is 1. The molecule has 0 bridgehead atoms. The SMILES string of the molecule is CC(C)CC(C)OCCC(=O)NCC(C)CN. The lowest BCUT2D eigenvalue weighted by Crippen LogP contribution is -2.32. The summed E-state index contributed by atoms with van der Waals surface area (Å²) in [4.78, 5) is 11.4. The molecule has 0 spiro atoms. The van der Waals surface area contributed by atoms with E-state index in [1.165, 1.54) is 0 Å². The number of hydrogen-bond donors (Lipinski definition) is 2. The van der Waals surface area contributed by atoms with Crippen LogP contribution in [-0.2, 0) is 9.53 Å². The molecule has 0 saturated carbocycles. The predicted molar refractivity (Wildman–Crippen MR) is 70.7 cm³/mol. The van der Waals surface area contributed by atoms with Gasteiger partial charge in [-0.05, 0) is 31.7 Å². The Morgan fingerprint density at radius 2 is 1.94 bits per heavy atom. The molecule has 0 aromatic heterocycles. The summed E-state index contributed by atoms with van der Waals surface area (Å²) < 4.78 is 5.57. The van der Waals surface area contributed by atoms with Crippen LogP contribution in [0.3, 0.4) is 0 Å². The van der Waals surface area contributed by atoms with Gasteiger partial charge >= 0.3 is 0 Å². The van der Waals surface area contributed by atoms with Gasteiger partial charge in [0.1, 0.15) is 0 Å². The molecular weight excluding hydrogens is 216 g/mol. The summed E-state index contributed by atoms with van der Waals surface area (Å²) in [5.41, 5.74) is 5.47. The first-order chi connectivity index (χ1) is 7.95. The lowest BCUT2D eigenvalue weighted by molar-refractivity contribution is -0.122. The van der Waals surface area contributed by atoms with E-state index in [-0.39, 0.29) is 12.0 Å². The van der Waals surface area contributed by atoms with E-state index < -0.39 is 0 Å². The maximum Gasteiger partial charge on any atom is 0.222 e. The van der Waals surface area contributed by atoms with Crippen molar-refractivity contribution in [3.63, 3.8) is 0 Å². The van der Waals surface area contributed by atoms with Gasteiger partial charge in [0.2, 0.25) is 5.91 Å². The molecule has 0 rings (SSSR count). The molecule has 1 amide bonds. The minimum atomic E-state index is 0.0436. The zero-order valence-electron chi connectivity index (χ0n) is 11.7. The molecule has 0 radical (unpaired) electrons. The van der Waals surface area contributed by atoms with E-state index in [1.54, 1.807) is 0 Å². The van der Waals surface area contributed by atoms with Crippen LogP contribution in [0.2, 0.25) is 0 Å². The fraction of sp³-hybridized carbons (Fsp3) is 0.923. The second kappa shape index (κ2) is 9.42. The zero-order valence-corrected chi connectivity index (χ0v) is 11.7. The molecule has 4 nitrogen and oxygen atoms in total. The van der Waals surface area contributed by atoms with Crippen molar-refractivity contribution in [1.29, 1.82) is 0 Å². The first kappa shape index (κ1) is 16.4. The maximum absolute atomic E-state index is 11.4. The van der Waals surface area contributed by atoms with Gasteiger partial charge in [-0.3, -0.25) is 4.79 Å². The van der Waals surface area contributed by atoms with Crippen molar-refractivity contribution >= 4 is 5.91 Å². The van der Waals surface area contributed by atoms with E-state index in [4.69, 9.17) is 10.5 Å². The summed E-state index contributed by atoms with van der Waals surface area (Å²) in [6.07, 6.45) is 1.69. The Morgan fingerprint density at radius 3 is 2.47 bits per heavy atom. The van der Waals surface area contributed by atoms with Crippen molar-refractivity contribution in [2.45, 2.75) is 46.6 Å². The van der Waals surface area contributed by atoms with Gasteiger partial charge in [0.25, 0.3) is 0 Å². The molecule has 0 aliphatic carbocycles. The van der Waals surface area contributed by atoms with Crippen LogP contribution in [0, 0.1) is 11.8 Å². The largest absolute Gasteiger partial charge is 0.378 e. The third-order valence-corrected chi connectivity index (χ3v) is 2.58. The highest BCUT2D eigenvalue weighted by atomic mass is 16.5. The van der Waals surface area contributed by atoms with Crippen LogP contribution in [0.15, 0.2) is 0 Å². The van der Waals surface area contributed by atoms with Crippen LogP contribution in [0.4, 0.5) is 0 Å². The predicted octanol–water partition coefficient (Wildman–Crippen LogP) is 1.54. The third-order valence-electron chi connectivity index (χ3n) is 2.58. The van der Waals surface area contributed by atoms with Crippen molar-refractivity contribution in [3.8, 4) is 0 Å². The normalized spacial score (nSPS) is 14.7. The Morgan fingerprint density at radius 1 is 1.29 bits per heavy atom. The van der Waals surface area contributed by atoms with Gasteiger partial charge < -0.3 is 15.8 Å². The number of nitrogens with one attached hydrogen (secondary N) is 1. The van der Waals surface area contributed by atoms with Gasteiger partial charge in [-0.1, -0.05) is 20.8 Å². The molecule has 0 fully saturated rings. The van der Waals surface area contributed by atoms with Crippen LogP contribution in [0.1, 0.15) is 40.5 Å². The lowest BCUT2D eigenvalue weighted by atomic mass is 10.1. The van der Waals surface area contributed by atoms with Gasteiger partial charge in [0.15, 0.2) is 0 Å². The van der Waals surface area contributed by atoms with E-state index in [0.717, 1.165) is 6.42 Å². The second-order valence-corrected chi connectivity index (χ2v) is 5.21. The quantitative estimate of drug-likeness (QED) is 0.646. The summed E-state index contributed by atoms with van der Waals surface area (Å²) in [5, 5.41) is 2.85. The van der Waals surface area contributed by atoms with Crippen molar-refractivity contribution < 1.29 is 9.53 Å². The van der Waals surface area contributed by atoms with Gasteiger partial charge in [-0.25, -0.2) is 0 Å². The molecule has 2 atom stereocenters. The number of ether oxygens (including phenoxy) is 1. The number of hydrogen-bond acceptors (Lipinski definition) is 3. The van der Waals surface area contributed by atoms with Crippen molar-refractivity contribution in [2.75, 3.05) is 19.7 Å². The van der Waals surface area contributed by atoms with E-state index in [1.807, 2.05) is 6.92 Å². The number of rotatable bonds is 9. The third kappa shape index (κ3) is 10.3. The smallest absolute Gasteiger partial charge is 0.222 e. The average Bonchev–Trinajstić information content (AvgIpc) is 2.24. The molecule has 17 heavy (non-hydrogen) atoms. The molecule has 3 N–H and O–H groups in total. The standard InChI is InChI=1S/C13H28N2O2/c1-10(2)7-12(4)17-6-5-13(16)15-9-11(3)8-14/h10-12H,5-9,14H2,1-4H3,(H,15,16). The molecule has 0 aliphatic heterocycles. The summed E-state index contributed by atoms with van der Waals surface area (Å²) >= 11 is 0. The maximum atomic E-state index is 11.4. The fourth-order valence-corrected chi connectivity index (χ4v) is 1.54. The van der Waals surface area contributed by atoms with Crippen LogP contribution in [-0.4, -0.2) is 31.7 Å². The van der Waals surface area contributed by atoms with Crippen LogP contribution >= 0.6 is 0 Å². The Bertz CT molecular complexity index is 208.